The zero-order valence-electron chi connectivity index (χ0n) is 12.5. The quantitative estimate of drug-likeness (QED) is 0.574. The smallest absolute Gasteiger partial charge is 0.282 e. The van der Waals surface area contributed by atoms with E-state index >= 15 is 0 Å². The van der Waals surface area contributed by atoms with Crippen LogP contribution >= 0.6 is 50.2 Å². The van der Waals surface area contributed by atoms with Crippen LogP contribution in [-0.2, 0) is 6.54 Å². The molecule has 4 nitrogen and oxygen atoms in total. The second kappa shape index (κ2) is 8.18. The molecule has 128 valence electrons. The lowest BCUT2D eigenvalue weighted by molar-refractivity contribution is 0.0950. The monoisotopic (exact) mass is 457 g/mol. The third kappa shape index (κ3) is 4.94. The molecule has 0 bridgehead atoms. The van der Waals surface area contributed by atoms with Gasteiger partial charge in [0.2, 0.25) is 5.01 Å². The van der Waals surface area contributed by atoms with E-state index in [2.05, 4.69) is 31.4 Å². The third-order valence-corrected chi connectivity index (χ3v) is 5.98. The molecule has 25 heavy (non-hydrogen) atoms. The Morgan fingerprint density at radius 1 is 1.16 bits per heavy atom. The number of amides is 1. The van der Waals surface area contributed by atoms with Gasteiger partial charge in [-0.05, 0) is 51.8 Å². The Hall–Kier alpha value is -1.61. The molecule has 0 saturated heterocycles. The average molecular weight is 459 g/mol. The first-order valence-corrected chi connectivity index (χ1v) is 9.81. The number of nitrogens with zero attached hydrogens (tertiary/aromatic N) is 2. The number of halogens is 3. The Labute approximate surface area is 164 Å². The third-order valence-electron chi connectivity index (χ3n) is 3.05. The maximum Gasteiger partial charge on any atom is 0.282 e. The molecular weight excluding hydrogens is 449 g/mol. The van der Waals surface area contributed by atoms with Crippen molar-refractivity contribution in [2.75, 3.05) is 0 Å². The van der Waals surface area contributed by atoms with Crippen LogP contribution in [0, 0.1) is 5.82 Å². The Kier molecular flexibility index (Phi) is 5.95. The zero-order chi connectivity index (χ0) is 17.8. The molecule has 9 heteroatoms. The van der Waals surface area contributed by atoms with Gasteiger partial charge in [-0.1, -0.05) is 35.1 Å². The van der Waals surface area contributed by atoms with Crippen LogP contribution in [0.2, 0.25) is 0 Å². The van der Waals surface area contributed by atoms with Crippen molar-refractivity contribution in [2.24, 2.45) is 0 Å². The van der Waals surface area contributed by atoms with E-state index in [-0.39, 0.29) is 23.3 Å². The maximum atomic E-state index is 12.9. The van der Waals surface area contributed by atoms with Crippen molar-refractivity contribution in [2.45, 2.75) is 6.54 Å². The first-order chi connectivity index (χ1) is 12.0. The van der Waals surface area contributed by atoms with E-state index in [1.807, 2.05) is 12.1 Å². The minimum atomic E-state index is -0.351. The highest BCUT2D eigenvalue weighted by Gasteiger charge is 2.14. The van der Waals surface area contributed by atoms with Crippen LogP contribution in [0.15, 0.2) is 40.2 Å². The van der Waals surface area contributed by atoms with E-state index in [9.17, 15) is 9.18 Å². The summed E-state index contributed by atoms with van der Waals surface area (Å²) in [6.07, 6.45) is 1.78. The van der Waals surface area contributed by atoms with Crippen molar-refractivity contribution >= 4 is 67.2 Å². The van der Waals surface area contributed by atoms with Crippen molar-refractivity contribution in [1.29, 1.82) is 0 Å². The number of nitrogens with one attached hydrogen (secondary N) is 1. The lowest BCUT2D eigenvalue weighted by Gasteiger charge is -2.02. The fourth-order valence-electron chi connectivity index (χ4n) is 1.86. The van der Waals surface area contributed by atoms with Gasteiger partial charge in [0, 0.05) is 11.4 Å². The van der Waals surface area contributed by atoms with Crippen LogP contribution < -0.4 is 5.32 Å². The van der Waals surface area contributed by atoms with Crippen molar-refractivity contribution in [3.05, 3.63) is 66.5 Å². The van der Waals surface area contributed by atoms with Gasteiger partial charge in [0.25, 0.3) is 5.91 Å². The SMILES string of the molecule is O=C(NCc1ccc(F)cc1)c1nnc(/C(Cl)=C/c2ccc(Br)s2)s1. The average Bonchev–Trinajstić information content (AvgIpc) is 3.23. The molecule has 0 aliphatic rings. The van der Waals surface area contributed by atoms with Gasteiger partial charge >= 0.3 is 0 Å². The number of hydrogen-bond donors (Lipinski definition) is 1. The summed E-state index contributed by atoms with van der Waals surface area (Å²) in [5.74, 6) is -0.667. The first-order valence-electron chi connectivity index (χ1n) is 7.00. The van der Waals surface area contributed by atoms with Gasteiger partial charge in [-0.25, -0.2) is 4.39 Å². The number of hydrogen-bond acceptors (Lipinski definition) is 5. The second-order valence-corrected chi connectivity index (χ2v) is 8.73. The lowest BCUT2D eigenvalue weighted by atomic mass is 10.2. The molecule has 2 heterocycles. The topological polar surface area (TPSA) is 54.9 Å². The summed E-state index contributed by atoms with van der Waals surface area (Å²) in [7, 11) is 0. The molecule has 1 aromatic carbocycles. The van der Waals surface area contributed by atoms with Crippen molar-refractivity contribution in [3.8, 4) is 0 Å². The van der Waals surface area contributed by atoms with E-state index in [4.69, 9.17) is 11.6 Å². The van der Waals surface area contributed by atoms with Crippen LogP contribution in [-0.4, -0.2) is 16.1 Å². The normalized spacial score (nSPS) is 11.6. The lowest BCUT2D eigenvalue weighted by Crippen LogP contribution is -2.22. The standard InChI is InChI=1S/C16H10BrClFN3OS2/c17-13-6-5-11(24-13)7-12(18)15-21-22-16(25-15)14(23)20-8-9-1-3-10(19)4-2-9/h1-7H,8H2,(H,20,23)/b12-7-. The van der Waals surface area contributed by atoms with Crippen LogP contribution in [0.1, 0.15) is 25.3 Å². The minimum Gasteiger partial charge on any atom is -0.346 e. The highest BCUT2D eigenvalue weighted by Crippen LogP contribution is 2.29. The van der Waals surface area contributed by atoms with Gasteiger partial charge in [0.15, 0.2) is 5.01 Å². The molecule has 0 atom stereocenters. The summed E-state index contributed by atoms with van der Waals surface area (Å²) in [4.78, 5) is 13.1. The number of carbonyl (C=O) groups is 1. The summed E-state index contributed by atoms with van der Waals surface area (Å²) < 4.78 is 13.9. The van der Waals surface area contributed by atoms with E-state index in [1.165, 1.54) is 23.5 Å². The molecule has 0 radical (unpaired) electrons. The Morgan fingerprint density at radius 3 is 2.56 bits per heavy atom. The predicted octanol–water partition coefficient (Wildman–Crippen LogP) is 5.17. The van der Waals surface area contributed by atoms with Crippen molar-refractivity contribution < 1.29 is 9.18 Å². The van der Waals surface area contributed by atoms with Gasteiger partial charge in [0.05, 0.1) is 8.82 Å². The van der Waals surface area contributed by atoms with E-state index in [1.54, 1.807) is 18.2 Å². The molecule has 1 N–H and O–H groups in total. The molecule has 1 amide bonds. The first kappa shape index (κ1) is 18.2. The van der Waals surface area contributed by atoms with Crippen LogP contribution in [0.3, 0.4) is 0 Å². The van der Waals surface area contributed by atoms with Crippen LogP contribution in [0.5, 0.6) is 0 Å². The Morgan fingerprint density at radius 2 is 1.88 bits per heavy atom. The summed E-state index contributed by atoms with van der Waals surface area (Å²) in [5.41, 5.74) is 0.792. The molecule has 0 aliphatic heterocycles. The van der Waals surface area contributed by atoms with Crippen LogP contribution in [0.25, 0.3) is 11.1 Å². The summed E-state index contributed by atoms with van der Waals surface area (Å²) in [6.45, 7) is 0.279. The number of rotatable bonds is 5. The van der Waals surface area contributed by atoms with Gasteiger partial charge < -0.3 is 5.32 Å². The van der Waals surface area contributed by atoms with Gasteiger partial charge in [-0.2, -0.15) is 0 Å². The molecule has 0 saturated carbocycles. The van der Waals surface area contributed by atoms with Gasteiger partial charge in [-0.3, -0.25) is 4.79 Å². The number of carbonyl (C=O) groups excluding carboxylic acids is 1. The molecule has 0 spiro atoms. The minimum absolute atomic E-state index is 0.219. The number of benzene rings is 1. The highest BCUT2D eigenvalue weighted by molar-refractivity contribution is 9.11. The van der Waals surface area contributed by atoms with E-state index in [0.717, 1.165) is 25.6 Å². The molecule has 2 aromatic heterocycles. The molecule has 0 fully saturated rings. The maximum absolute atomic E-state index is 12.9. The van der Waals surface area contributed by atoms with Gasteiger partial charge in [0.1, 0.15) is 5.82 Å². The van der Waals surface area contributed by atoms with Crippen molar-refractivity contribution in [1.82, 2.24) is 15.5 Å². The fraction of sp³-hybridized carbons (Fsp3) is 0.0625. The Bertz CT molecular complexity index is 924. The Balaban J connectivity index is 1.64. The molecule has 0 unspecified atom stereocenters. The second-order valence-electron chi connectivity index (χ2n) is 4.86. The summed E-state index contributed by atoms with van der Waals surface area (Å²) in [5, 5.41) is 11.7. The fourth-order valence-corrected chi connectivity index (χ4v) is 4.23. The molecular formula is C16H10BrClFN3OS2. The van der Waals surface area contributed by atoms with E-state index in [0.29, 0.717) is 10.0 Å². The van der Waals surface area contributed by atoms with E-state index < -0.39 is 0 Å². The molecule has 3 rings (SSSR count). The summed E-state index contributed by atoms with van der Waals surface area (Å²) >= 11 is 12.3. The largest absolute Gasteiger partial charge is 0.346 e. The number of aromatic nitrogens is 2. The van der Waals surface area contributed by atoms with Gasteiger partial charge in [-0.15, -0.1) is 21.5 Å². The molecule has 3 aromatic rings. The van der Waals surface area contributed by atoms with Crippen LogP contribution in [0.4, 0.5) is 4.39 Å². The zero-order valence-corrected chi connectivity index (χ0v) is 16.5. The number of thiophene rings is 1. The van der Waals surface area contributed by atoms with Crippen molar-refractivity contribution in [3.63, 3.8) is 0 Å². The predicted molar refractivity (Wildman–Crippen MR) is 103 cm³/mol. The highest BCUT2D eigenvalue weighted by atomic mass is 79.9. The molecule has 0 aliphatic carbocycles. The summed E-state index contributed by atoms with van der Waals surface area (Å²) in [6, 6.07) is 9.76.